The number of rotatable bonds is 4. The maximum absolute atomic E-state index is 13.2. The van der Waals surface area contributed by atoms with Gasteiger partial charge in [0, 0.05) is 26.2 Å². The highest BCUT2D eigenvalue weighted by Gasteiger charge is 2.17. The van der Waals surface area contributed by atoms with Crippen LogP contribution in [0.15, 0.2) is 53.3 Å². The molecule has 0 spiro atoms. The fourth-order valence-corrected chi connectivity index (χ4v) is 3.35. The first kappa shape index (κ1) is 16.8. The SMILES string of the molecule is COc1ccc(-n2c(CN3CCNCC3)nc3ccccc3c2=O)cc1. The third kappa shape index (κ3) is 3.21. The Bertz CT molecular complexity index is 960. The van der Waals surface area contributed by atoms with E-state index in [1.807, 2.05) is 48.5 Å². The van der Waals surface area contributed by atoms with Crippen LogP contribution in [0.2, 0.25) is 0 Å². The third-order valence-corrected chi connectivity index (χ3v) is 4.75. The molecule has 134 valence electrons. The Balaban J connectivity index is 1.85. The Morgan fingerprint density at radius 2 is 1.81 bits per heavy atom. The lowest BCUT2D eigenvalue weighted by Crippen LogP contribution is -2.44. The van der Waals surface area contributed by atoms with Gasteiger partial charge in [0.25, 0.3) is 5.56 Å². The van der Waals surface area contributed by atoms with E-state index in [-0.39, 0.29) is 5.56 Å². The van der Waals surface area contributed by atoms with Gasteiger partial charge in [-0.3, -0.25) is 14.3 Å². The fourth-order valence-electron chi connectivity index (χ4n) is 3.35. The molecule has 6 heteroatoms. The average Bonchev–Trinajstić information content (AvgIpc) is 2.69. The van der Waals surface area contributed by atoms with Crippen LogP contribution in [0.4, 0.5) is 0 Å². The Morgan fingerprint density at radius 3 is 2.54 bits per heavy atom. The van der Waals surface area contributed by atoms with Gasteiger partial charge in [-0.2, -0.15) is 0 Å². The highest BCUT2D eigenvalue weighted by Crippen LogP contribution is 2.18. The van der Waals surface area contributed by atoms with E-state index in [2.05, 4.69) is 10.2 Å². The van der Waals surface area contributed by atoms with Gasteiger partial charge in [0.15, 0.2) is 0 Å². The number of methoxy groups -OCH3 is 1. The summed E-state index contributed by atoms with van der Waals surface area (Å²) in [4.78, 5) is 20.4. The number of para-hydroxylation sites is 1. The highest BCUT2D eigenvalue weighted by molar-refractivity contribution is 5.77. The van der Waals surface area contributed by atoms with Crippen molar-refractivity contribution in [3.05, 3.63) is 64.7 Å². The lowest BCUT2D eigenvalue weighted by molar-refractivity contribution is 0.226. The van der Waals surface area contributed by atoms with Crippen LogP contribution >= 0.6 is 0 Å². The van der Waals surface area contributed by atoms with Crippen molar-refractivity contribution in [3.8, 4) is 11.4 Å². The van der Waals surface area contributed by atoms with Crippen LogP contribution in [0.5, 0.6) is 5.75 Å². The molecule has 0 amide bonds. The summed E-state index contributed by atoms with van der Waals surface area (Å²) in [5, 5.41) is 3.99. The lowest BCUT2D eigenvalue weighted by Gasteiger charge is -2.27. The smallest absolute Gasteiger partial charge is 0.266 e. The Morgan fingerprint density at radius 1 is 1.08 bits per heavy atom. The molecule has 1 N–H and O–H groups in total. The van der Waals surface area contributed by atoms with E-state index < -0.39 is 0 Å². The molecule has 0 bridgehead atoms. The summed E-state index contributed by atoms with van der Waals surface area (Å²) in [6, 6.07) is 15.1. The minimum Gasteiger partial charge on any atom is -0.497 e. The van der Waals surface area contributed by atoms with E-state index in [0.717, 1.165) is 49.0 Å². The Kier molecular flexibility index (Phi) is 4.69. The number of ether oxygens (including phenoxy) is 1. The molecule has 1 aliphatic rings. The predicted molar refractivity (Wildman–Crippen MR) is 102 cm³/mol. The molecule has 1 aliphatic heterocycles. The molecule has 2 heterocycles. The van der Waals surface area contributed by atoms with E-state index in [4.69, 9.17) is 9.72 Å². The molecule has 1 aromatic heterocycles. The molecule has 0 aliphatic carbocycles. The largest absolute Gasteiger partial charge is 0.497 e. The zero-order valence-electron chi connectivity index (χ0n) is 14.8. The minimum absolute atomic E-state index is 0.0362. The third-order valence-electron chi connectivity index (χ3n) is 4.75. The normalized spacial score (nSPS) is 15.3. The van der Waals surface area contributed by atoms with Crippen molar-refractivity contribution in [3.63, 3.8) is 0 Å². The highest BCUT2D eigenvalue weighted by atomic mass is 16.5. The number of hydrogen-bond acceptors (Lipinski definition) is 5. The van der Waals surface area contributed by atoms with Crippen molar-refractivity contribution < 1.29 is 4.74 Å². The molecule has 1 saturated heterocycles. The Labute approximate surface area is 152 Å². The number of piperazine rings is 1. The molecule has 6 nitrogen and oxygen atoms in total. The van der Waals surface area contributed by atoms with Crippen LogP contribution < -0.4 is 15.6 Å². The van der Waals surface area contributed by atoms with Gasteiger partial charge in [-0.15, -0.1) is 0 Å². The second kappa shape index (κ2) is 7.27. The van der Waals surface area contributed by atoms with Gasteiger partial charge in [0.2, 0.25) is 0 Å². The first-order valence-electron chi connectivity index (χ1n) is 8.84. The maximum Gasteiger partial charge on any atom is 0.266 e. The monoisotopic (exact) mass is 350 g/mol. The van der Waals surface area contributed by atoms with Gasteiger partial charge in [-0.1, -0.05) is 12.1 Å². The van der Waals surface area contributed by atoms with Gasteiger partial charge in [0.1, 0.15) is 11.6 Å². The second-order valence-corrected chi connectivity index (χ2v) is 6.41. The zero-order chi connectivity index (χ0) is 17.9. The summed E-state index contributed by atoms with van der Waals surface area (Å²) >= 11 is 0. The molecule has 0 radical (unpaired) electrons. The van der Waals surface area contributed by atoms with Gasteiger partial charge in [0.05, 0.1) is 30.2 Å². The van der Waals surface area contributed by atoms with E-state index in [1.165, 1.54) is 0 Å². The lowest BCUT2D eigenvalue weighted by atomic mass is 10.2. The molecule has 1 fully saturated rings. The fraction of sp³-hybridized carbons (Fsp3) is 0.300. The van der Waals surface area contributed by atoms with Crippen LogP contribution in [-0.2, 0) is 6.54 Å². The van der Waals surface area contributed by atoms with Crippen molar-refractivity contribution in [2.75, 3.05) is 33.3 Å². The van der Waals surface area contributed by atoms with Gasteiger partial charge in [-0.05, 0) is 36.4 Å². The molecule has 0 unspecified atom stereocenters. The summed E-state index contributed by atoms with van der Waals surface area (Å²) in [5.41, 5.74) is 1.51. The van der Waals surface area contributed by atoms with Crippen molar-refractivity contribution in [2.24, 2.45) is 0 Å². The molecular weight excluding hydrogens is 328 g/mol. The van der Waals surface area contributed by atoms with Crippen molar-refractivity contribution in [1.29, 1.82) is 0 Å². The van der Waals surface area contributed by atoms with E-state index >= 15 is 0 Å². The van der Waals surface area contributed by atoms with E-state index in [1.54, 1.807) is 11.7 Å². The number of benzene rings is 2. The molecule has 2 aromatic carbocycles. The number of nitrogens with one attached hydrogen (secondary N) is 1. The quantitative estimate of drug-likeness (QED) is 0.778. The van der Waals surface area contributed by atoms with Crippen molar-refractivity contribution in [2.45, 2.75) is 6.54 Å². The summed E-state index contributed by atoms with van der Waals surface area (Å²) in [6.07, 6.45) is 0. The number of aromatic nitrogens is 2. The topological polar surface area (TPSA) is 59.4 Å². The maximum atomic E-state index is 13.2. The zero-order valence-corrected chi connectivity index (χ0v) is 14.8. The van der Waals surface area contributed by atoms with E-state index in [9.17, 15) is 4.79 Å². The first-order chi connectivity index (χ1) is 12.8. The number of hydrogen-bond donors (Lipinski definition) is 1. The molecule has 3 aromatic rings. The molecule has 4 rings (SSSR count). The van der Waals surface area contributed by atoms with Crippen LogP contribution in [0.25, 0.3) is 16.6 Å². The molecule has 0 atom stereocenters. The number of fused-ring (bicyclic) bond motifs is 1. The standard InChI is InChI=1S/C20H22N4O2/c1-26-16-8-6-15(7-9-16)24-19(14-23-12-10-21-11-13-23)22-18-5-3-2-4-17(18)20(24)25/h2-9,21H,10-14H2,1H3. The van der Waals surface area contributed by atoms with Crippen LogP contribution in [0, 0.1) is 0 Å². The molecular formula is C20H22N4O2. The molecule has 26 heavy (non-hydrogen) atoms. The van der Waals surface area contributed by atoms with Crippen LogP contribution in [0.1, 0.15) is 5.82 Å². The van der Waals surface area contributed by atoms with Crippen molar-refractivity contribution >= 4 is 10.9 Å². The summed E-state index contributed by atoms with van der Waals surface area (Å²) in [5.74, 6) is 1.53. The van der Waals surface area contributed by atoms with Gasteiger partial charge >= 0.3 is 0 Å². The van der Waals surface area contributed by atoms with E-state index in [0.29, 0.717) is 11.9 Å². The Hall–Kier alpha value is -2.70. The summed E-state index contributed by atoms with van der Waals surface area (Å²) in [6.45, 7) is 4.46. The molecule has 0 saturated carbocycles. The summed E-state index contributed by atoms with van der Waals surface area (Å²) in [7, 11) is 1.63. The number of nitrogens with zero attached hydrogens (tertiary/aromatic N) is 3. The van der Waals surface area contributed by atoms with Crippen LogP contribution in [-0.4, -0.2) is 47.7 Å². The predicted octanol–water partition coefficient (Wildman–Crippen LogP) is 1.80. The average molecular weight is 350 g/mol. The minimum atomic E-state index is -0.0362. The van der Waals surface area contributed by atoms with Gasteiger partial charge < -0.3 is 10.1 Å². The first-order valence-corrected chi connectivity index (χ1v) is 8.84. The van der Waals surface area contributed by atoms with Crippen molar-refractivity contribution in [1.82, 2.24) is 19.8 Å². The van der Waals surface area contributed by atoms with Crippen LogP contribution in [0.3, 0.4) is 0 Å². The second-order valence-electron chi connectivity index (χ2n) is 6.41. The van der Waals surface area contributed by atoms with Gasteiger partial charge in [-0.25, -0.2) is 4.98 Å². The summed E-state index contributed by atoms with van der Waals surface area (Å²) < 4.78 is 6.97.